The molecule has 1 aromatic carbocycles. The first kappa shape index (κ1) is 18.0. The number of benzene rings is 1. The minimum absolute atomic E-state index is 0.0596. The van der Waals surface area contributed by atoms with E-state index in [1.54, 1.807) is 18.3 Å². The molecule has 0 radical (unpaired) electrons. The molecule has 144 valence electrons. The molecule has 1 aliphatic heterocycles. The molecule has 3 aromatic rings. The van der Waals surface area contributed by atoms with Gasteiger partial charge in [-0.2, -0.15) is 4.98 Å². The molecular weight excluding hydrogens is 354 g/mol. The van der Waals surface area contributed by atoms with Crippen LogP contribution in [0.3, 0.4) is 0 Å². The van der Waals surface area contributed by atoms with Crippen molar-refractivity contribution in [1.29, 1.82) is 0 Å². The molecule has 0 atom stereocenters. The lowest BCUT2D eigenvalue weighted by molar-refractivity contribution is 0.0714. The molecule has 1 N–H and O–H groups in total. The highest BCUT2D eigenvalue weighted by molar-refractivity contribution is 5.91. The van der Waals surface area contributed by atoms with Crippen LogP contribution in [-0.2, 0) is 6.42 Å². The lowest BCUT2D eigenvalue weighted by Crippen LogP contribution is -2.49. The Morgan fingerprint density at radius 2 is 1.86 bits per heavy atom. The van der Waals surface area contributed by atoms with Crippen molar-refractivity contribution in [3.63, 3.8) is 0 Å². The van der Waals surface area contributed by atoms with Crippen LogP contribution in [0.4, 0.5) is 11.8 Å². The minimum Gasteiger partial charge on any atom is -0.459 e. The van der Waals surface area contributed by atoms with Crippen LogP contribution >= 0.6 is 0 Å². The zero-order valence-electron chi connectivity index (χ0n) is 15.6. The molecular formula is C21H23N5O2. The van der Waals surface area contributed by atoms with E-state index < -0.39 is 0 Å². The number of nitrogens with one attached hydrogen (secondary N) is 1. The van der Waals surface area contributed by atoms with E-state index in [9.17, 15) is 4.79 Å². The molecule has 1 aliphatic rings. The van der Waals surface area contributed by atoms with Crippen molar-refractivity contribution < 1.29 is 9.21 Å². The van der Waals surface area contributed by atoms with E-state index in [2.05, 4.69) is 32.3 Å². The summed E-state index contributed by atoms with van der Waals surface area (Å²) in [7, 11) is 0. The van der Waals surface area contributed by atoms with Crippen LogP contribution in [-0.4, -0.2) is 53.5 Å². The van der Waals surface area contributed by atoms with Gasteiger partial charge in [-0.1, -0.05) is 30.3 Å². The highest BCUT2D eigenvalue weighted by Crippen LogP contribution is 2.16. The van der Waals surface area contributed by atoms with Gasteiger partial charge in [0.05, 0.1) is 6.26 Å². The van der Waals surface area contributed by atoms with Gasteiger partial charge in [-0.3, -0.25) is 4.79 Å². The Bertz CT molecular complexity index is 890. The van der Waals surface area contributed by atoms with Gasteiger partial charge in [0, 0.05) is 38.9 Å². The van der Waals surface area contributed by atoms with Crippen molar-refractivity contribution in [2.45, 2.75) is 6.42 Å². The summed E-state index contributed by atoms with van der Waals surface area (Å²) in [5, 5.41) is 3.29. The molecule has 7 heteroatoms. The second-order valence-electron chi connectivity index (χ2n) is 6.66. The summed E-state index contributed by atoms with van der Waals surface area (Å²) in [6, 6.07) is 15.7. The van der Waals surface area contributed by atoms with Gasteiger partial charge in [-0.05, 0) is 30.2 Å². The van der Waals surface area contributed by atoms with Gasteiger partial charge < -0.3 is 19.5 Å². The number of nitrogens with zero attached hydrogens (tertiary/aromatic N) is 4. The molecule has 4 rings (SSSR count). The second-order valence-corrected chi connectivity index (χ2v) is 6.66. The van der Waals surface area contributed by atoms with E-state index in [1.807, 2.05) is 29.2 Å². The van der Waals surface area contributed by atoms with Crippen LogP contribution in [0.2, 0.25) is 0 Å². The fraction of sp³-hybridized carbons (Fsp3) is 0.286. The molecule has 2 aromatic heterocycles. The topological polar surface area (TPSA) is 74.5 Å². The highest BCUT2D eigenvalue weighted by atomic mass is 16.3. The number of furan rings is 1. The Balaban J connectivity index is 1.30. The van der Waals surface area contributed by atoms with Crippen molar-refractivity contribution >= 4 is 17.7 Å². The van der Waals surface area contributed by atoms with Gasteiger partial charge >= 0.3 is 0 Å². The van der Waals surface area contributed by atoms with Gasteiger partial charge in [0.15, 0.2) is 5.76 Å². The molecule has 0 saturated carbocycles. The average molecular weight is 377 g/mol. The van der Waals surface area contributed by atoms with E-state index in [4.69, 9.17) is 4.42 Å². The molecule has 0 bridgehead atoms. The van der Waals surface area contributed by atoms with E-state index in [1.165, 1.54) is 11.8 Å². The predicted octanol–water partition coefficient (Wildman–Crippen LogP) is 2.69. The SMILES string of the molecule is O=C(c1ccco1)N1CCN(c2ccnc(NCCc3ccccc3)n2)CC1. The standard InChI is InChI=1S/C21H23N5O2/c27-20(18-7-4-16-28-18)26-14-12-25(13-15-26)19-9-11-23-21(24-19)22-10-8-17-5-2-1-3-6-17/h1-7,9,11,16H,8,10,12-15H2,(H,22,23,24). The van der Waals surface area contributed by atoms with Gasteiger partial charge in [-0.25, -0.2) is 4.98 Å². The van der Waals surface area contributed by atoms with Crippen molar-refractivity contribution in [3.8, 4) is 0 Å². The number of rotatable bonds is 6. The second kappa shape index (κ2) is 8.56. The number of carbonyl (C=O) groups excluding carboxylic acids is 1. The average Bonchev–Trinajstić information content (AvgIpc) is 3.29. The highest BCUT2D eigenvalue weighted by Gasteiger charge is 2.24. The first-order valence-corrected chi connectivity index (χ1v) is 9.48. The lowest BCUT2D eigenvalue weighted by atomic mass is 10.1. The first-order chi connectivity index (χ1) is 13.8. The van der Waals surface area contributed by atoms with Crippen molar-refractivity contribution in [2.24, 2.45) is 0 Å². The first-order valence-electron chi connectivity index (χ1n) is 9.48. The van der Waals surface area contributed by atoms with Gasteiger partial charge in [0.25, 0.3) is 5.91 Å². The van der Waals surface area contributed by atoms with Crippen molar-refractivity contribution in [1.82, 2.24) is 14.9 Å². The maximum atomic E-state index is 12.4. The number of carbonyl (C=O) groups is 1. The minimum atomic E-state index is -0.0596. The van der Waals surface area contributed by atoms with E-state index in [0.29, 0.717) is 24.8 Å². The lowest BCUT2D eigenvalue weighted by Gasteiger charge is -2.35. The monoisotopic (exact) mass is 377 g/mol. The van der Waals surface area contributed by atoms with Crippen LogP contribution in [0.5, 0.6) is 0 Å². The number of hydrogen-bond acceptors (Lipinski definition) is 6. The van der Waals surface area contributed by atoms with E-state index >= 15 is 0 Å². The molecule has 1 saturated heterocycles. The normalized spacial score (nSPS) is 14.1. The summed E-state index contributed by atoms with van der Waals surface area (Å²) in [5.74, 6) is 1.83. The third-order valence-corrected chi connectivity index (χ3v) is 4.80. The summed E-state index contributed by atoms with van der Waals surface area (Å²) in [4.78, 5) is 25.3. The fourth-order valence-corrected chi connectivity index (χ4v) is 3.27. The predicted molar refractivity (Wildman–Crippen MR) is 107 cm³/mol. The molecule has 0 unspecified atom stereocenters. The smallest absolute Gasteiger partial charge is 0.289 e. The Morgan fingerprint density at radius 1 is 1.04 bits per heavy atom. The summed E-state index contributed by atoms with van der Waals surface area (Å²) in [6.07, 6.45) is 4.21. The number of aromatic nitrogens is 2. The number of piperazine rings is 1. The Kier molecular flexibility index (Phi) is 5.51. The van der Waals surface area contributed by atoms with E-state index in [-0.39, 0.29) is 5.91 Å². The largest absolute Gasteiger partial charge is 0.459 e. The third kappa shape index (κ3) is 4.31. The Morgan fingerprint density at radius 3 is 2.61 bits per heavy atom. The zero-order chi connectivity index (χ0) is 19.2. The molecule has 0 spiro atoms. The zero-order valence-corrected chi connectivity index (χ0v) is 15.6. The molecule has 3 heterocycles. The fourth-order valence-electron chi connectivity index (χ4n) is 3.27. The van der Waals surface area contributed by atoms with Crippen LogP contribution < -0.4 is 10.2 Å². The van der Waals surface area contributed by atoms with Crippen LogP contribution in [0.25, 0.3) is 0 Å². The number of hydrogen-bond donors (Lipinski definition) is 1. The number of amides is 1. The van der Waals surface area contributed by atoms with Crippen LogP contribution in [0, 0.1) is 0 Å². The molecule has 28 heavy (non-hydrogen) atoms. The third-order valence-electron chi connectivity index (χ3n) is 4.80. The maximum Gasteiger partial charge on any atom is 0.289 e. The van der Waals surface area contributed by atoms with Gasteiger partial charge in [-0.15, -0.1) is 0 Å². The summed E-state index contributed by atoms with van der Waals surface area (Å²) in [5.41, 5.74) is 1.28. The van der Waals surface area contributed by atoms with Gasteiger partial charge in [0.1, 0.15) is 5.82 Å². The molecule has 7 nitrogen and oxygen atoms in total. The summed E-state index contributed by atoms with van der Waals surface area (Å²) >= 11 is 0. The van der Waals surface area contributed by atoms with E-state index in [0.717, 1.165) is 31.9 Å². The molecule has 1 amide bonds. The Hall–Kier alpha value is -3.35. The molecule has 0 aliphatic carbocycles. The van der Waals surface area contributed by atoms with Crippen molar-refractivity contribution in [2.75, 3.05) is 42.9 Å². The summed E-state index contributed by atoms with van der Waals surface area (Å²) < 4.78 is 5.21. The van der Waals surface area contributed by atoms with Crippen molar-refractivity contribution in [3.05, 3.63) is 72.3 Å². The van der Waals surface area contributed by atoms with Gasteiger partial charge in [0.2, 0.25) is 5.95 Å². The van der Waals surface area contributed by atoms with Crippen LogP contribution in [0.1, 0.15) is 16.1 Å². The number of anilines is 2. The Labute approximate surface area is 164 Å². The maximum absolute atomic E-state index is 12.4. The van der Waals surface area contributed by atoms with Crippen LogP contribution in [0.15, 0.2) is 65.4 Å². The quantitative estimate of drug-likeness (QED) is 0.712. The molecule has 1 fully saturated rings. The summed E-state index contributed by atoms with van der Waals surface area (Å²) in [6.45, 7) is 3.51.